The molecule has 2 heterocycles. The first kappa shape index (κ1) is 14.6. The lowest BCUT2D eigenvalue weighted by molar-refractivity contribution is 0.114. The van der Waals surface area contributed by atoms with Crippen molar-refractivity contribution in [3.63, 3.8) is 0 Å². The van der Waals surface area contributed by atoms with Crippen LogP contribution in [-0.4, -0.2) is 40.9 Å². The summed E-state index contributed by atoms with van der Waals surface area (Å²) in [4.78, 5) is 0.185. The van der Waals surface area contributed by atoms with Gasteiger partial charge in [0, 0.05) is 25.6 Å². The van der Waals surface area contributed by atoms with Gasteiger partial charge in [-0.3, -0.25) is 0 Å². The van der Waals surface area contributed by atoms with Crippen LogP contribution in [0.25, 0.3) is 0 Å². The van der Waals surface area contributed by atoms with Crippen LogP contribution in [0.15, 0.2) is 23.1 Å². The summed E-state index contributed by atoms with van der Waals surface area (Å²) >= 11 is 0. The van der Waals surface area contributed by atoms with Gasteiger partial charge in [0.05, 0.1) is 24.2 Å². The molecular formula is C14H19NO5S. The molecule has 0 unspecified atom stereocenters. The van der Waals surface area contributed by atoms with Gasteiger partial charge in [-0.15, -0.1) is 0 Å². The highest BCUT2D eigenvalue weighted by atomic mass is 32.2. The summed E-state index contributed by atoms with van der Waals surface area (Å²) in [6, 6.07) is 4.69. The molecule has 2 aliphatic rings. The molecule has 6 nitrogen and oxygen atoms in total. The maximum atomic E-state index is 12.3. The molecule has 3 rings (SSSR count). The standard InChI is InChI=1S/C14H19NO5S/c16-21(17,15-10-11-3-1-6-18-11)12-4-5-13-14(9-12)20-8-2-7-19-13/h4-5,9,11,15H,1-3,6-8,10H2/t11-/m1/s1. The smallest absolute Gasteiger partial charge is 0.240 e. The van der Waals surface area contributed by atoms with Gasteiger partial charge >= 0.3 is 0 Å². The Hall–Kier alpha value is -1.31. The Kier molecular flexibility index (Phi) is 4.32. The normalized spacial score (nSPS) is 22.0. The fourth-order valence-corrected chi connectivity index (χ4v) is 3.48. The fraction of sp³-hybridized carbons (Fsp3) is 0.571. The van der Waals surface area contributed by atoms with Crippen LogP contribution in [0.1, 0.15) is 19.3 Å². The Bertz CT molecular complexity index is 595. The Morgan fingerprint density at radius 2 is 1.90 bits per heavy atom. The average molecular weight is 313 g/mol. The first-order valence-corrected chi connectivity index (χ1v) is 8.64. The van der Waals surface area contributed by atoms with Crippen molar-refractivity contribution in [2.75, 3.05) is 26.4 Å². The molecular weight excluding hydrogens is 294 g/mol. The molecule has 1 saturated heterocycles. The van der Waals surface area contributed by atoms with Crippen LogP contribution in [0.5, 0.6) is 11.5 Å². The third-order valence-electron chi connectivity index (χ3n) is 3.55. The number of nitrogens with one attached hydrogen (secondary N) is 1. The van der Waals surface area contributed by atoms with Crippen molar-refractivity contribution in [1.29, 1.82) is 0 Å². The largest absolute Gasteiger partial charge is 0.490 e. The van der Waals surface area contributed by atoms with Crippen molar-refractivity contribution >= 4 is 10.0 Å². The third kappa shape index (κ3) is 3.48. The molecule has 1 aromatic carbocycles. The molecule has 1 aromatic rings. The van der Waals surface area contributed by atoms with Crippen LogP contribution in [0.3, 0.4) is 0 Å². The van der Waals surface area contributed by atoms with E-state index in [4.69, 9.17) is 14.2 Å². The van der Waals surface area contributed by atoms with E-state index in [9.17, 15) is 8.42 Å². The summed E-state index contributed by atoms with van der Waals surface area (Å²) in [5.74, 6) is 1.07. The van der Waals surface area contributed by atoms with E-state index in [-0.39, 0.29) is 11.0 Å². The van der Waals surface area contributed by atoms with Crippen molar-refractivity contribution in [2.24, 2.45) is 0 Å². The SMILES string of the molecule is O=S(=O)(NC[C@H]1CCCO1)c1ccc2c(c1)OCCCO2. The Morgan fingerprint density at radius 1 is 1.10 bits per heavy atom. The summed E-state index contributed by atoms with van der Waals surface area (Å²) in [6.45, 7) is 2.11. The molecule has 0 aromatic heterocycles. The monoisotopic (exact) mass is 313 g/mol. The van der Waals surface area contributed by atoms with E-state index in [1.54, 1.807) is 6.07 Å². The molecule has 0 aliphatic carbocycles. The highest BCUT2D eigenvalue weighted by Crippen LogP contribution is 2.31. The molecule has 1 fully saturated rings. The second kappa shape index (κ2) is 6.21. The van der Waals surface area contributed by atoms with Gasteiger partial charge in [0.15, 0.2) is 11.5 Å². The average Bonchev–Trinajstić information content (AvgIpc) is 2.89. The lowest BCUT2D eigenvalue weighted by atomic mass is 10.2. The summed E-state index contributed by atoms with van der Waals surface area (Å²) in [7, 11) is -3.56. The maximum Gasteiger partial charge on any atom is 0.240 e. The van der Waals surface area contributed by atoms with E-state index in [0.29, 0.717) is 37.9 Å². The van der Waals surface area contributed by atoms with E-state index in [2.05, 4.69) is 4.72 Å². The molecule has 0 amide bonds. The number of hydrogen-bond donors (Lipinski definition) is 1. The number of ether oxygens (including phenoxy) is 3. The highest BCUT2D eigenvalue weighted by molar-refractivity contribution is 7.89. The second-order valence-corrected chi connectivity index (χ2v) is 6.91. The number of fused-ring (bicyclic) bond motifs is 1. The topological polar surface area (TPSA) is 73.9 Å². The van der Waals surface area contributed by atoms with Crippen molar-refractivity contribution in [3.8, 4) is 11.5 Å². The zero-order chi connectivity index (χ0) is 14.7. The Morgan fingerprint density at radius 3 is 2.67 bits per heavy atom. The fourth-order valence-electron chi connectivity index (χ4n) is 2.40. The Balaban J connectivity index is 1.73. The van der Waals surface area contributed by atoms with Gasteiger partial charge in [-0.2, -0.15) is 0 Å². The van der Waals surface area contributed by atoms with Gasteiger partial charge in [-0.1, -0.05) is 0 Å². The Labute approximate surface area is 124 Å². The molecule has 0 bridgehead atoms. The van der Waals surface area contributed by atoms with Crippen molar-refractivity contribution in [3.05, 3.63) is 18.2 Å². The first-order valence-electron chi connectivity index (χ1n) is 7.16. The molecule has 0 radical (unpaired) electrons. The van der Waals surface area contributed by atoms with Gasteiger partial charge in [0.1, 0.15) is 0 Å². The van der Waals surface area contributed by atoms with E-state index in [1.165, 1.54) is 12.1 Å². The van der Waals surface area contributed by atoms with Gasteiger partial charge in [0.25, 0.3) is 0 Å². The van der Waals surface area contributed by atoms with Crippen LogP contribution in [0.4, 0.5) is 0 Å². The third-order valence-corrected chi connectivity index (χ3v) is 4.98. The summed E-state index contributed by atoms with van der Waals surface area (Å²) in [6.07, 6.45) is 2.63. The lowest BCUT2D eigenvalue weighted by Gasteiger charge is -2.13. The van der Waals surface area contributed by atoms with E-state index in [0.717, 1.165) is 19.3 Å². The summed E-state index contributed by atoms with van der Waals surface area (Å²) < 4.78 is 43.6. The first-order chi connectivity index (χ1) is 10.1. The summed E-state index contributed by atoms with van der Waals surface area (Å²) in [5, 5.41) is 0. The number of hydrogen-bond acceptors (Lipinski definition) is 5. The van der Waals surface area contributed by atoms with Crippen LogP contribution < -0.4 is 14.2 Å². The van der Waals surface area contributed by atoms with Gasteiger partial charge < -0.3 is 14.2 Å². The zero-order valence-electron chi connectivity index (χ0n) is 11.7. The molecule has 7 heteroatoms. The maximum absolute atomic E-state index is 12.3. The van der Waals surface area contributed by atoms with Crippen LogP contribution >= 0.6 is 0 Å². The number of sulfonamides is 1. The summed E-state index contributed by atoms with van der Waals surface area (Å²) in [5.41, 5.74) is 0. The molecule has 1 N–H and O–H groups in total. The molecule has 1 atom stereocenters. The van der Waals surface area contributed by atoms with Gasteiger partial charge in [-0.25, -0.2) is 13.1 Å². The van der Waals surface area contributed by atoms with Crippen LogP contribution in [0.2, 0.25) is 0 Å². The van der Waals surface area contributed by atoms with Crippen molar-refractivity contribution in [2.45, 2.75) is 30.3 Å². The predicted molar refractivity (Wildman–Crippen MR) is 76.2 cm³/mol. The second-order valence-electron chi connectivity index (χ2n) is 5.15. The van der Waals surface area contributed by atoms with Gasteiger partial charge in [0.2, 0.25) is 10.0 Å². The zero-order valence-corrected chi connectivity index (χ0v) is 12.5. The van der Waals surface area contributed by atoms with E-state index >= 15 is 0 Å². The molecule has 21 heavy (non-hydrogen) atoms. The molecule has 116 valence electrons. The van der Waals surface area contributed by atoms with Crippen LogP contribution in [0, 0.1) is 0 Å². The van der Waals surface area contributed by atoms with Crippen LogP contribution in [-0.2, 0) is 14.8 Å². The van der Waals surface area contributed by atoms with Gasteiger partial charge in [-0.05, 0) is 25.0 Å². The van der Waals surface area contributed by atoms with E-state index < -0.39 is 10.0 Å². The quantitative estimate of drug-likeness (QED) is 0.907. The molecule has 2 aliphatic heterocycles. The molecule has 0 spiro atoms. The number of rotatable bonds is 4. The molecule has 0 saturated carbocycles. The minimum absolute atomic E-state index is 0.0276. The van der Waals surface area contributed by atoms with E-state index in [1.807, 2.05) is 0 Å². The van der Waals surface area contributed by atoms with Crippen molar-refractivity contribution in [1.82, 2.24) is 4.72 Å². The predicted octanol–water partition coefficient (Wildman–Crippen LogP) is 1.31. The minimum Gasteiger partial charge on any atom is -0.490 e. The lowest BCUT2D eigenvalue weighted by Crippen LogP contribution is -2.31. The highest BCUT2D eigenvalue weighted by Gasteiger charge is 2.22. The number of benzene rings is 1. The minimum atomic E-state index is -3.56. The van der Waals surface area contributed by atoms with Crippen molar-refractivity contribution < 1.29 is 22.6 Å².